The number of nitrogens with zero attached hydrogens (tertiary/aromatic N) is 3. The van der Waals surface area contributed by atoms with Crippen LogP contribution >= 0.6 is 0 Å². The van der Waals surface area contributed by atoms with Crippen molar-refractivity contribution in [2.75, 3.05) is 18.0 Å². The predicted octanol–water partition coefficient (Wildman–Crippen LogP) is 1.41. The Hall–Kier alpha value is -2.52. The highest BCUT2D eigenvalue weighted by Crippen LogP contribution is 2.39. The second kappa shape index (κ2) is 7.00. The van der Waals surface area contributed by atoms with Crippen LogP contribution in [0.3, 0.4) is 0 Å². The average molecular weight is 371 g/mol. The van der Waals surface area contributed by atoms with Crippen LogP contribution < -0.4 is 10.2 Å². The molecule has 0 radical (unpaired) electrons. The highest BCUT2D eigenvalue weighted by molar-refractivity contribution is 6.00. The van der Waals surface area contributed by atoms with Gasteiger partial charge in [0.25, 0.3) is 5.92 Å². The molecule has 3 rings (SSSR count). The summed E-state index contributed by atoms with van der Waals surface area (Å²) in [5, 5.41) is 2.53. The van der Waals surface area contributed by atoms with Gasteiger partial charge in [-0.05, 0) is 6.42 Å². The zero-order chi connectivity index (χ0) is 18.9. The molecule has 2 aliphatic rings. The summed E-state index contributed by atoms with van der Waals surface area (Å²) in [7, 11) is 0. The van der Waals surface area contributed by atoms with E-state index >= 15 is 0 Å². The molecule has 26 heavy (non-hydrogen) atoms. The molecular formula is C16H18F3N4O3+. The minimum atomic E-state index is -2.82. The first-order valence-corrected chi connectivity index (χ1v) is 8.28. The number of rotatable bonds is 6. The quantitative estimate of drug-likeness (QED) is 0.767. The number of halogens is 3. The molecule has 10 heteroatoms. The second-order valence-electron chi connectivity index (χ2n) is 6.57. The topological polar surface area (TPSA) is 82.4 Å². The summed E-state index contributed by atoms with van der Waals surface area (Å²) in [6.45, 7) is -0.328. The van der Waals surface area contributed by atoms with E-state index in [4.69, 9.17) is 0 Å². The van der Waals surface area contributed by atoms with Gasteiger partial charge < -0.3 is 10.2 Å². The van der Waals surface area contributed by atoms with E-state index in [1.54, 1.807) is 0 Å². The summed E-state index contributed by atoms with van der Waals surface area (Å²) >= 11 is 0. The van der Waals surface area contributed by atoms with Crippen LogP contribution in [-0.4, -0.2) is 52.7 Å². The number of nitroso groups, excluding NO2 is 1. The second-order valence-corrected chi connectivity index (χ2v) is 6.57. The van der Waals surface area contributed by atoms with Crippen LogP contribution in [0.15, 0.2) is 18.5 Å². The molecule has 1 aromatic heterocycles. The third kappa shape index (κ3) is 4.00. The summed E-state index contributed by atoms with van der Waals surface area (Å²) in [5.74, 6) is -4.23. The maximum absolute atomic E-state index is 13.5. The van der Waals surface area contributed by atoms with Crippen molar-refractivity contribution in [1.29, 1.82) is 0 Å². The molecule has 1 N–H and O–H groups in total. The maximum atomic E-state index is 13.5. The van der Waals surface area contributed by atoms with Crippen LogP contribution in [0.4, 0.5) is 18.9 Å². The fraction of sp³-hybridized carbons (Fsp3) is 0.562. The van der Waals surface area contributed by atoms with Crippen molar-refractivity contribution in [3.8, 4) is 0 Å². The molecule has 1 saturated heterocycles. The number of carbonyl (C=O) groups excluding carboxylic acids is 2. The molecule has 0 unspecified atom stereocenters. The van der Waals surface area contributed by atoms with Crippen molar-refractivity contribution in [2.45, 2.75) is 43.7 Å². The van der Waals surface area contributed by atoms with Gasteiger partial charge in [0.05, 0.1) is 37.5 Å². The van der Waals surface area contributed by atoms with E-state index in [-0.39, 0.29) is 31.1 Å². The lowest BCUT2D eigenvalue weighted by Gasteiger charge is -2.29. The van der Waals surface area contributed by atoms with Crippen molar-refractivity contribution in [2.24, 2.45) is 0 Å². The van der Waals surface area contributed by atoms with E-state index in [1.165, 1.54) is 6.20 Å². The van der Waals surface area contributed by atoms with Crippen molar-refractivity contribution >= 4 is 17.5 Å². The molecule has 1 aliphatic heterocycles. The smallest absolute Gasteiger partial charge is 0.261 e. The highest BCUT2D eigenvalue weighted by atomic mass is 19.3. The summed E-state index contributed by atoms with van der Waals surface area (Å²) in [4.78, 5) is 40.9. The summed E-state index contributed by atoms with van der Waals surface area (Å²) < 4.78 is 39.8. The van der Waals surface area contributed by atoms with Crippen LogP contribution in [0.25, 0.3) is 0 Å². The predicted molar refractivity (Wildman–Crippen MR) is 84.2 cm³/mol. The number of carbonyl (C=O) groups is 2. The Bertz CT molecular complexity index is 735. The fourth-order valence-electron chi connectivity index (χ4n) is 3.12. The zero-order valence-electron chi connectivity index (χ0n) is 13.8. The Morgan fingerprint density at radius 3 is 2.69 bits per heavy atom. The van der Waals surface area contributed by atoms with Gasteiger partial charge in [0, 0.05) is 22.2 Å². The molecule has 2 amide bonds. The molecule has 0 spiro atoms. The monoisotopic (exact) mass is 371 g/mol. The highest BCUT2D eigenvalue weighted by Gasteiger charge is 2.53. The first-order chi connectivity index (χ1) is 12.2. The molecule has 7 nitrogen and oxygen atoms in total. The number of alkyl halides is 2. The number of hydrogen-bond acceptors (Lipinski definition) is 4. The van der Waals surface area contributed by atoms with Crippen LogP contribution in [0.1, 0.15) is 25.7 Å². The van der Waals surface area contributed by atoms with Gasteiger partial charge in [0.1, 0.15) is 11.9 Å². The first-order valence-electron chi connectivity index (χ1n) is 8.28. The fourth-order valence-corrected chi connectivity index (χ4v) is 3.12. The Balaban J connectivity index is 1.70. The third-order valence-electron chi connectivity index (χ3n) is 4.58. The van der Waals surface area contributed by atoms with Crippen molar-refractivity contribution in [3.05, 3.63) is 29.2 Å². The van der Waals surface area contributed by atoms with Gasteiger partial charge in [0.2, 0.25) is 24.4 Å². The lowest BCUT2D eigenvalue weighted by atomic mass is 9.88. The van der Waals surface area contributed by atoms with Crippen molar-refractivity contribution in [3.63, 3.8) is 0 Å². The van der Waals surface area contributed by atoms with Gasteiger partial charge >= 0.3 is 0 Å². The van der Waals surface area contributed by atoms with Crippen LogP contribution in [0.2, 0.25) is 0 Å². The zero-order valence-corrected chi connectivity index (χ0v) is 13.8. The Morgan fingerprint density at radius 2 is 2.12 bits per heavy atom. The van der Waals surface area contributed by atoms with Crippen LogP contribution in [0, 0.1) is 10.7 Å². The molecule has 140 valence electrons. The van der Waals surface area contributed by atoms with Gasteiger partial charge in [-0.25, -0.2) is 13.2 Å². The van der Waals surface area contributed by atoms with E-state index in [2.05, 4.69) is 10.3 Å². The van der Waals surface area contributed by atoms with Gasteiger partial charge in [-0.2, -0.15) is 0 Å². The van der Waals surface area contributed by atoms with Gasteiger partial charge in [-0.1, -0.05) is 0 Å². The molecule has 1 saturated carbocycles. The lowest BCUT2D eigenvalue weighted by molar-refractivity contribution is -0.607. The Morgan fingerprint density at radius 1 is 1.38 bits per heavy atom. The first kappa shape index (κ1) is 18.3. The van der Waals surface area contributed by atoms with Crippen molar-refractivity contribution in [1.82, 2.24) is 10.3 Å². The van der Waals surface area contributed by atoms with E-state index in [9.17, 15) is 27.7 Å². The van der Waals surface area contributed by atoms with E-state index in [1.807, 2.05) is 0 Å². The molecule has 0 aromatic carbocycles. The summed E-state index contributed by atoms with van der Waals surface area (Å²) in [6.07, 6.45) is 1.73. The number of anilines is 1. The molecule has 1 aromatic rings. The number of amides is 2. The normalized spacial score (nSPS) is 21.8. The molecular weight excluding hydrogens is 353 g/mol. The number of pyridine rings is 1. The lowest BCUT2D eigenvalue weighted by Crippen LogP contribution is -2.50. The molecule has 0 bridgehead atoms. The third-order valence-corrected chi connectivity index (χ3v) is 4.58. The van der Waals surface area contributed by atoms with E-state index in [0.717, 1.165) is 17.2 Å². The van der Waals surface area contributed by atoms with Crippen LogP contribution in [-0.2, 0) is 9.59 Å². The van der Waals surface area contributed by atoms with E-state index in [0.29, 0.717) is 11.2 Å². The number of nitrogens with one attached hydrogen (secondary N) is 1. The molecule has 1 aliphatic carbocycles. The SMILES string of the molecule is O=C1CC[C@@H](C(=O)N(CC[N+](=O)C2CC(F)(F)C2)c2cncc(F)c2)N1. The Kier molecular flexibility index (Phi) is 4.92. The summed E-state index contributed by atoms with van der Waals surface area (Å²) in [6, 6.07) is -0.466. The van der Waals surface area contributed by atoms with E-state index < -0.39 is 42.6 Å². The minimum absolute atomic E-state index is 0.123. The van der Waals surface area contributed by atoms with Gasteiger partial charge in [-0.3, -0.25) is 14.6 Å². The molecule has 2 heterocycles. The standard InChI is InChI=1S/C16H17F3N4O3/c17-10-5-11(9-20-8-10)22(15(25)13-1-2-14(24)21-13)3-4-23(26)12-6-16(18,19)7-12/h5,8-9,12-13H,1-4,6-7H2/p+1/t13-/m0/s1. The van der Waals surface area contributed by atoms with Gasteiger partial charge in [0.15, 0.2) is 0 Å². The largest absolute Gasteiger partial charge is 0.344 e. The minimum Gasteiger partial charge on any atom is -0.344 e. The van der Waals surface area contributed by atoms with Gasteiger partial charge in [-0.15, -0.1) is 0 Å². The summed E-state index contributed by atoms with van der Waals surface area (Å²) in [5.41, 5.74) is 0.142. The number of aromatic nitrogens is 1. The maximum Gasteiger partial charge on any atom is 0.261 e. The van der Waals surface area contributed by atoms with Crippen molar-refractivity contribution < 1.29 is 27.5 Å². The molecule has 2 fully saturated rings. The average Bonchev–Trinajstić information content (AvgIpc) is 2.99. The van der Waals surface area contributed by atoms with Crippen LogP contribution in [0.5, 0.6) is 0 Å². The Labute approximate surface area is 147 Å². The number of hydrogen-bond donors (Lipinski definition) is 1. The molecule has 1 atom stereocenters.